The quantitative estimate of drug-likeness (QED) is 0.809. The molecular weight excluding hydrogens is 184 g/mol. The van der Waals surface area contributed by atoms with E-state index in [9.17, 15) is 0 Å². The van der Waals surface area contributed by atoms with E-state index in [1.165, 1.54) is 10.9 Å². The molecule has 0 bridgehead atoms. The number of nitrogens with zero attached hydrogens (tertiary/aromatic N) is 1. The highest BCUT2D eigenvalue weighted by Crippen LogP contribution is 2.27. The summed E-state index contributed by atoms with van der Waals surface area (Å²) < 4.78 is 0. The van der Waals surface area contributed by atoms with Gasteiger partial charge in [-0.05, 0) is 23.1 Å². The summed E-state index contributed by atoms with van der Waals surface area (Å²) in [5, 5.41) is 1.23. The van der Waals surface area contributed by atoms with Gasteiger partial charge in [-0.15, -0.1) is 0 Å². The van der Waals surface area contributed by atoms with Crippen LogP contribution in [0, 0.1) is 0 Å². The number of pyridine rings is 1. The second kappa shape index (κ2) is 3.99. The molecule has 1 aromatic heterocycles. The third-order valence-electron chi connectivity index (χ3n) is 2.70. The smallest absolute Gasteiger partial charge is 0.0705 e. The minimum absolute atomic E-state index is 0.483. The highest BCUT2D eigenvalue weighted by atomic mass is 14.7. The van der Waals surface area contributed by atoms with E-state index in [2.05, 4.69) is 31.0 Å². The molecule has 0 aliphatic carbocycles. The van der Waals surface area contributed by atoms with Gasteiger partial charge in [-0.3, -0.25) is 4.98 Å². The SMILES string of the molecule is CC(C)c1c(CN)cnc2ccccc12. The molecule has 2 rings (SSSR count). The zero-order valence-electron chi connectivity index (χ0n) is 9.20. The van der Waals surface area contributed by atoms with Gasteiger partial charge in [0.15, 0.2) is 0 Å². The van der Waals surface area contributed by atoms with Crippen LogP contribution in [-0.4, -0.2) is 4.98 Å². The van der Waals surface area contributed by atoms with Gasteiger partial charge in [0.2, 0.25) is 0 Å². The molecule has 1 heterocycles. The lowest BCUT2D eigenvalue weighted by Gasteiger charge is -2.14. The normalized spacial score (nSPS) is 11.2. The number of hydrogen-bond acceptors (Lipinski definition) is 2. The molecule has 0 atom stereocenters. The fourth-order valence-corrected chi connectivity index (χ4v) is 2.05. The van der Waals surface area contributed by atoms with Gasteiger partial charge in [-0.25, -0.2) is 0 Å². The van der Waals surface area contributed by atoms with E-state index >= 15 is 0 Å². The van der Waals surface area contributed by atoms with Crippen molar-refractivity contribution in [3.63, 3.8) is 0 Å². The Kier molecular flexibility index (Phi) is 2.69. The Bertz CT molecular complexity index is 475. The van der Waals surface area contributed by atoms with Crippen LogP contribution in [0.5, 0.6) is 0 Å². The second-order valence-corrected chi connectivity index (χ2v) is 4.07. The molecule has 15 heavy (non-hydrogen) atoms. The third kappa shape index (κ3) is 1.73. The van der Waals surface area contributed by atoms with Gasteiger partial charge in [0.1, 0.15) is 0 Å². The van der Waals surface area contributed by atoms with Crippen molar-refractivity contribution in [1.82, 2.24) is 4.98 Å². The summed E-state index contributed by atoms with van der Waals surface area (Å²) in [5.74, 6) is 0.483. The van der Waals surface area contributed by atoms with Crippen molar-refractivity contribution in [2.75, 3.05) is 0 Å². The Morgan fingerprint density at radius 3 is 2.67 bits per heavy atom. The van der Waals surface area contributed by atoms with Gasteiger partial charge in [0.05, 0.1) is 5.52 Å². The molecule has 0 fully saturated rings. The summed E-state index contributed by atoms with van der Waals surface area (Å²) >= 11 is 0. The van der Waals surface area contributed by atoms with Crippen molar-refractivity contribution in [2.24, 2.45) is 5.73 Å². The highest BCUT2D eigenvalue weighted by Gasteiger charge is 2.10. The van der Waals surface area contributed by atoms with Crippen LogP contribution in [0.3, 0.4) is 0 Å². The number of nitrogens with two attached hydrogens (primary N) is 1. The summed E-state index contributed by atoms with van der Waals surface area (Å²) in [6.45, 7) is 4.95. The zero-order chi connectivity index (χ0) is 10.8. The van der Waals surface area contributed by atoms with Gasteiger partial charge >= 0.3 is 0 Å². The summed E-state index contributed by atoms with van der Waals surface area (Å²) in [6, 6.07) is 8.23. The molecule has 2 nitrogen and oxygen atoms in total. The predicted molar refractivity (Wildman–Crippen MR) is 63.7 cm³/mol. The summed E-state index contributed by atoms with van der Waals surface area (Å²) in [7, 11) is 0. The molecule has 2 heteroatoms. The van der Waals surface area contributed by atoms with Crippen molar-refractivity contribution in [3.05, 3.63) is 41.6 Å². The largest absolute Gasteiger partial charge is 0.326 e. The van der Waals surface area contributed by atoms with Crippen LogP contribution in [-0.2, 0) is 6.54 Å². The first kappa shape index (κ1) is 10.1. The Morgan fingerprint density at radius 1 is 1.27 bits per heavy atom. The standard InChI is InChI=1S/C13H16N2/c1-9(2)13-10(7-14)8-15-12-6-4-3-5-11(12)13/h3-6,8-9H,7,14H2,1-2H3. The maximum Gasteiger partial charge on any atom is 0.0705 e. The van der Waals surface area contributed by atoms with Crippen LogP contribution in [0.2, 0.25) is 0 Å². The molecular formula is C13H16N2. The second-order valence-electron chi connectivity index (χ2n) is 4.07. The predicted octanol–water partition coefficient (Wildman–Crippen LogP) is 2.82. The Labute approximate surface area is 90.1 Å². The molecule has 0 amide bonds. The summed E-state index contributed by atoms with van der Waals surface area (Å²) in [4.78, 5) is 4.42. The molecule has 0 spiro atoms. The molecule has 2 aromatic rings. The fourth-order valence-electron chi connectivity index (χ4n) is 2.05. The lowest BCUT2D eigenvalue weighted by atomic mass is 9.94. The molecule has 0 saturated carbocycles. The topological polar surface area (TPSA) is 38.9 Å². The van der Waals surface area contributed by atoms with Gasteiger partial charge in [-0.2, -0.15) is 0 Å². The summed E-state index contributed by atoms with van der Waals surface area (Å²) in [6.07, 6.45) is 1.90. The molecule has 0 unspecified atom stereocenters. The van der Waals surface area contributed by atoms with Crippen molar-refractivity contribution >= 4 is 10.9 Å². The van der Waals surface area contributed by atoms with Crippen LogP contribution in [0.4, 0.5) is 0 Å². The van der Waals surface area contributed by atoms with Crippen molar-refractivity contribution in [3.8, 4) is 0 Å². The average Bonchev–Trinajstić information content (AvgIpc) is 2.27. The van der Waals surface area contributed by atoms with Crippen molar-refractivity contribution in [2.45, 2.75) is 26.3 Å². The van der Waals surface area contributed by atoms with Gasteiger partial charge < -0.3 is 5.73 Å². The molecule has 2 N–H and O–H groups in total. The maximum atomic E-state index is 5.74. The first-order valence-corrected chi connectivity index (χ1v) is 5.30. The van der Waals surface area contributed by atoms with E-state index in [1.54, 1.807) is 0 Å². The Hall–Kier alpha value is -1.41. The molecule has 78 valence electrons. The number of aromatic nitrogens is 1. The molecule has 0 aliphatic heterocycles. The maximum absolute atomic E-state index is 5.74. The van der Waals surface area contributed by atoms with Crippen LogP contribution in [0.25, 0.3) is 10.9 Å². The van der Waals surface area contributed by atoms with Crippen LogP contribution in [0.1, 0.15) is 30.9 Å². The molecule has 0 saturated heterocycles. The van der Waals surface area contributed by atoms with Gasteiger partial charge in [0, 0.05) is 18.1 Å². The third-order valence-corrected chi connectivity index (χ3v) is 2.70. The van der Waals surface area contributed by atoms with E-state index in [-0.39, 0.29) is 0 Å². The van der Waals surface area contributed by atoms with Crippen molar-refractivity contribution < 1.29 is 0 Å². The molecule has 0 aliphatic rings. The number of para-hydroxylation sites is 1. The van der Waals surface area contributed by atoms with Crippen LogP contribution >= 0.6 is 0 Å². The van der Waals surface area contributed by atoms with Gasteiger partial charge in [-0.1, -0.05) is 32.0 Å². The van der Waals surface area contributed by atoms with E-state index in [0.717, 1.165) is 11.1 Å². The lowest BCUT2D eigenvalue weighted by molar-refractivity contribution is 0.845. The number of benzene rings is 1. The van der Waals surface area contributed by atoms with E-state index in [0.29, 0.717) is 12.5 Å². The molecule has 0 radical (unpaired) electrons. The first-order valence-electron chi connectivity index (χ1n) is 5.30. The number of hydrogen-bond donors (Lipinski definition) is 1. The minimum Gasteiger partial charge on any atom is -0.326 e. The Morgan fingerprint density at radius 2 is 2.00 bits per heavy atom. The van der Waals surface area contributed by atoms with Crippen molar-refractivity contribution in [1.29, 1.82) is 0 Å². The van der Waals surface area contributed by atoms with Gasteiger partial charge in [0.25, 0.3) is 0 Å². The highest BCUT2D eigenvalue weighted by molar-refractivity contribution is 5.83. The zero-order valence-corrected chi connectivity index (χ0v) is 9.20. The fraction of sp³-hybridized carbons (Fsp3) is 0.308. The monoisotopic (exact) mass is 200 g/mol. The first-order chi connectivity index (χ1) is 7.24. The Balaban J connectivity index is 2.79. The number of fused-ring (bicyclic) bond motifs is 1. The van der Waals surface area contributed by atoms with E-state index < -0.39 is 0 Å². The lowest BCUT2D eigenvalue weighted by Crippen LogP contribution is -2.04. The van der Waals surface area contributed by atoms with Crippen LogP contribution in [0.15, 0.2) is 30.5 Å². The molecule has 1 aromatic carbocycles. The average molecular weight is 200 g/mol. The van der Waals surface area contributed by atoms with Crippen LogP contribution < -0.4 is 5.73 Å². The van der Waals surface area contributed by atoms with E-state index in [4.69, 9.17) is 5.73 Å². The minimum atomic E-state index is 0.483. The summed E-state index contributed by atoms with van der Waals surface area (Å²) in [5.41, 5.74) is 9.29. The van der Waals surface area contributed by atoms with E-state index in [1.807, 2.05) is 18.3 Å². The number of rotatable bonds is 2.